The number of carbonyl (C=O) groups excluding carboxylic acids is 2. The van der Waals surface area contributed by atoms with Crippen molar-refractivity contribution < 1.29 is 24.2 Å². The molecule has 0 atom stereocenters. The fraction of sp³-hybridized carbons (Fsp3) is 0.105. The molecule has 2 aromatic rings. The maximum absolute atomic E-state index is 12.5. The van der Waals surface area contributed by atoms with Gasteiger partial charge in [-0.15, -0.1) is 0 Å². The molecule has 0 radical (unpaired) electrons. The monoisotopic (exact) mass is 437 g/mol. The average molecular weight is 438 g/mol. The summed E-state index contributed by atoms with van der Waals surface area (Å²) in [6.07, 6.45) is 0.0540. The van der Waals surface area contributed by atoms with Crippen LogP contribution < -0.4 is 20.7 Å². The maximum Gasteiger partial charge on any atom is 0.404 e. The Morgan fingerprint density at radius 3 is 2.34 bits per heavy atom. The molecule has 0 saturated heterocycles. The predicted octanol–water partition coefficient (Wildman–Crippen LogP) is 4.00. The first-order valence-corrected chi connectivity index (χ1v) is 8.93. The fourth-order valence-corrected chi connectivity index (χ4v) is 2.56. The Morgan fingerprint density at radius 1 is 1.07 bits per heavy atom. The Hall–Kier alpha value is -3.23. The Kier molecular flexibility index (Phi) is 7.88. The van der Waals surface area contributed by atoms with Crippen molar-refractivity contribution in [2.24, 2.45) is 0 Å². The van der Waals surface area contributed by atoms with Crippen LogP contribution in [0.4, 0.5) is 15.3 Å². The van der Waals surface area contributed by atoms with Gasteiger partial charge in [-0.2, -0.15) is 0 Å². The van der Waals surface area contributed by atoms with Crippen molar-refractivity contribution in [3.8, 4) is 5.75 Å². The number of halogens is 2. The zero-order chi connectivity index (χ0) is 21.4. The minimum atomic E-state index is -1.33. The molecular formula is C19H17Cl2N3O5. The molecule has 152 valence electrons. The first-order chi connectivity index (χ1) is 13.8. The Balaban J connectivity index is 2.21. The van der Waals surface area contributed by atoms with E-state index in [1.807, 2.05) is 0 Å². The number of carbonyl (C=O) groups is 3. The quantitative estimate of drug-likeness (QED) is 0.509. The number of anilines is 1. The van der Waals surface area contributed by atoms with Gasteiger partial charge >= 0.3 is 12.1 Å². The number of carboxylic acid groups (broad SMARTS) is 1. The summed E-state index contributed by atoms with van der Waals surface area (Å²) in [5.41, 5.74) is 0.833. The van der Waals surface area contributed by atoms with E-state index >= 15 is 0 Å². The van der Waals surface area contributed by atoms with E-state index in [1.54, 1.807) is 42.5 Å². The van der Waals surface area contributed by atoms with Crippen molar-refractivity contribution in [3.63, 3.8) is 0 Å². The van der Waals surface area contributed by atoms with Crippen LogP contribution in [0.15, 0.2) is 48.0 Å². The highest BCUT2D eigenvalue weighted by Gasteiger charge is 2.16. The van der Waals surface area contributed by atoms with E-state index in [1.165, 1.54) is 13.2 Å². The molecule has 0 spiro atoms. The van der Waals surface area contributed by atoms with E-state index in [4.69, 9.17) is 33.0 Å². The minimum absolute atomic E-state index is 0.0285. The first-order valence-electron chi connectivity index (χ1n) is 8.17. The van der Waals surface area contributed by atoms with Gasteiger partial charge in [0, 0.05) is 26.9 Å². The van der Waals surface area contributed by atoms with Crippen LogP contribution in [-0.4, -0.2) is 36.8 Å². The summed E-state index contributed by atoms with van der Waals surface area (Å²) in [7, 11) is 1.44. The van der Waals surface area contributed by atoms with Gasteiger partial charge in [0.1, 0.15) is 5.75 Å². The van der Waals surface area contributed by atoms with Crippen LogP contribution >= 0.6 is 23.2 Å². The summed E-state index contributed by atoms with van der Waals surface area (Å²) in [5.74, 6) is -0.382. The molecule has 0 aliphatic carbocycles. The maximum atomic E-state index is 12.5. The van der Waals surface area contributed by atoms with Crippen molar-refractivity contribution in [2.75, 3.05) is 19.0 Å². The van der Waals surface area contributed by atoms with Crippen LogP contribution in [0.3, 0.4) is 0 Å². The molecule has 2 aromatic carbocycles. The van der Waals surface area contributed by atoms with E-state index in [9.17, 15) is 14.4 Å². The summed E-state index contributed by atoms with van der Waals surface area (Å²) in [5, 5.41) is 16.4. The normalized spacial score (nSPS) is 10.8. The van der Waals surface area contributed by atoms with Gasteiger partial charge in [0.25, 0.3) is 5.91 Å². The lowest BCUT2D eigenvalue weighted by Gasteiger charge is -2.11. The number of ether oxygens (including phenoxy) is 1. The summed E-state index contributed by atoms with van der Waals surface area (Å²) < 4.78 is 5.21. The summed E-state index contributed by atoms with van der Waals surface area (Å²) in [6, 6.07) is 10.2. The number of hydrogen-bond donors (Lipinski definition) is 4. The minimum Gasteiger partial charge on any atom is -0.496 e. The van der Waals surface area contributed by atoms with Gasteiger partial charge < -0.3 is 20.5 Å². The van der Waals surface area contributed by atoms with Gasteiger partial charge in [-0.25, -0.2) is 9.59 Å². The SMILES string of the molecule is COc1ccc(Cl)cc1/C=C(\CNC(=O)O)C(=O)NC(=O)Nc1ccc(Cl)cc1. The molecule has 0 aliphatic heterocycles. The van der Waals surface area contributed by atoms with Gasteiger partial charge in [0.05, 0.1) is 13.7 Å². The third-order valence-electron chi connectivity index (χ3n) is 3.57. The fourth-order valence-electron chi connectivity index (χ4n) is 2.25. The lowest BCUT2D eigenvalue weighted by atomic mass is 10.1. The highest BCUT2D eigenvalue weighted by Crippen LogP contribution is 2.25. The summed E-state index contributed by atoms with van der Waals surface area (Å²) in [4.78, 5) is 35.5. The Labute approximate surface area is 176 Å². The number of amides is 4. The van der Waals surface area contributed by atoms with Crippen molar-refractivity contribution in [1.29, 1.82) is 0 Å². The number of nitrogens with one attached hydrogen (secondary N) is 3. The van der Waals surface area contributed by atoms with E-state index in [0.717, 1.165) is 0 Å². The average Bonchev–Trinajstić information content (AvgIpc) is 2.66. The van der Waals surface area contributed by atoms with Gasteiger partial charge in [0.15, 0.2) is 0 Å². The second kappa shape index (κ2) is 10.4. The third kappa shape index (κ3) is 7.02. The van der Waals surface area contributed by atoms with Crippen LogP contribution in [0.2, 0.25) is 10.0 Å². The summed E-state index contributed by atoms with van der Waals surface area (Å²) >= 11 is 11.8. The largest absolute Gasteiger partial charge is 0.496 e. The number of rotatable bonds is 6. The number of imide groups is 1. The highest BCUT2D eigenvalue weighted by molar-refractivity contribution is 6.31. The lowest BCUT2D eigenvalue weighted by Crippen LogP contribution is -2.38. The molecule has 0 aliphatic rings. The van der Waals surface area contributed by atoms with Crippen molar-refractivity contribution in [2.45, 2.75) is 0 Å². The predicted molar refractivity (Wildman–Crippen MR) is 111 cm³/mol. The lowest BCUT2D eigenvalue weighted by molar-refractivity contribution is -0.116. The Morgan fingerprint density at radius 2 is 1.72 bits per heavy atom. The first kappa shape index (κ1) is 22.1. The van der Waals surface area contributed by atoms with Crippen LogP contribution in [0, 0.1) is 0 Å². The number of urea groups is 1. The van der Waals surface area contributed by atoms with Gasteiger partial charge in [-0.3, -0.25) is 10.1 Å². The third-order valence-corrected chi connectivity index (χ3v) is 4.06. The number of hydrogen-bond acceptors (Lipinski definition) is 4. The zero-order valence-corrected chi connectivity index (χ0v) is 16.7. The van der Waals surface area contributed by atoms with Crippen molar-refractivity contribution in [3.05, 3.63) is 63.6 Å². The van der Waals surface area contributed by atoms with Crippen molar-refractivity contribution >= 4 is 53.0 Å². The molecule has 0 unspecified atom stereocenters. The molecule has 0 saturated carbocycles. The van der Waals surface area contributed by atoms with Gasteiger partial charge in [-0.1, -0.05) is 23.2 Å². The molecular weight excluding hydrogens is 421 g/mol. The molecule has 0 fully saturated rings. The smallest absolute Gasteiger partial charge is 0.404 e. The zero-order valence-electron chi connectivity index (χ0n) is 15.2. The van der Waals surface area contributed by atoms with Crippen LogP contribution in [0.5, 0.6) is 5.75 Å². The molecule has 0 heterocycles. The topological polar surface area (TPSA) is 117 Å². The number of methoxy groups -OCH3 is 1. The van der Waals surface area contributed by atoms with Gasteiger partial charge in [-0.05, 0) is 48.5 Å². The van der Waals surface area contributed by atoms with Crippen LogP contribution in [-0.2, 0) is 4.79 Å². The molecule has 4 amide bonds. The molecule has 0 bridgehead atoms. The molecule has 29 heavy (non-hydrogen) atoms. The molecule has 10 heteroatoms. The van der Waals surface area contributed by atoms with Crippen LogP contribution in [0.25, 0.3) is 6.08 Å². The molecule has 0 aromatic heterocycles. The second-order valence-corrected chi connectivity index (χ2v) is 6.50. The van der Waals surface area contributed by atoms with E-state index in [2.05, 4.69) is 16.0 Å². The second-order valence-electron chi connectivity index (χ2n) is 5.63. The van der Waals surface area contributed by atoms with Crippen molar-refractivity contribution in [1.82, 2.24) is 10.6 Å². The van der Waals surface area contributed by atoms with E-state index in [0.29, 0.717) is 27.0 Å². The van der Waals surface area contributed by atoms with E-state index in [-0.39, 0.29) is 12.1 Å². The molecule has 8 nitrogen and oxygen atoms in total. The Bertz CT molecular complexity index is 945. The standard InChI is InChI=1S/C19H17Cl2N3O5/c1-29-16-7-4-14(21)9-11(16)8-12(10-22-19(27)28)17(25)24-18(26)23-15-5-2-13(20)3-6-15/h2-9,22H,10H2,1H3,(H,27,28)(H2,23,24,25,26)/b12-8+. The van der Waals surface area contributed by atoms with Gasteiger partial charge in [0.2, 0.25) is 0 Å². The van der Waals surface area contributed by atoms with E-state index < -0.39 is 18.0 Å². The van der Waals surface area contributed by atoms with Crippen LogP contribution in [0.1, 0.15) is 5.56 Å². The molecule has 4 N–H and O–H groups in total. The summed E-state index contributed by atoms with van der Waals surface area (Å²) in [6.45, 7) is -0.342. The highest BCUT2D eigenvalue weighted by atomic mass is 35.5. The number of benzene rings is 2. The molecule has 2 rings (SSSR count).